The number of hydrogen-bond acceptors (Lipinski definition) is 6. The Morgan fingerprint density at radius 2 is 2.11 bits per heavy atom. The maximum atomic E-state index is 5.65. The third kappa shape index (κ3) is 3.45. The fraction of sp³-hybridized carbons (Fsp3) is 0.385. The maximum Gasteiger partial charge on any atom is 0.253 e. The molecule has 0 spiro atoms. The molecule has 6 heteroatoms. The Bertz CT molecular complexity index is 540. The predicted octanol–water partition coefficient (Wildman–Crippen LogP) is 1.47. The van der Waals surface area contributed by atoms with Crippen LogP contribution in [-0.4, -0.2) is 23.9 Å². The van der Waals surface area contributed by atoms with Gasteiger partial charge in [-0.05, 0) is 30.7 Å². The first kappa shape index (κ1) is 13.4. The number of methoxy groups -OCH3 is 1. The van der Waals surface area contributed by atoms with Crippen LogP contribution >= 0.6 is 0 Å². The summed E-state index contributed by atoms with van der Waals surface area (Å²) in [5, 5.41) is 7.62. The summed E-state index contributed by atoms with van der Waals surface area (Å²) >= 11 is 0. The Hall–Kier alpha value is -2.08. The summed E-state index contributed by atoms with van der Waals surface area (Å²) in [7, 11) is 1.60. The van der Waals surface area contributed by atoms with Crippen LogP contribution < -0.4 is 15.2 Å². The molecule has 0 amide bonds. The van der Waals surface area contributed by atoms with Gasteiger partial charge in [0.15, 0.2) is 18.1 Å². The lowest BCUT2D eigenvalue weighted by Crippen LogP contribution is -2.04. The molecule has 1 aromatic carbocycles. The van der Waals surface area contributed by atoms with Crippen LogP contribution in [0.5, 0.6) is 11.5 Å². The summed E-state index contributed by atoms with van der Waals surface area (Å²) in [6, 6.07) is 5.74. The van der Waals surface area contributed by atoms with Gasteiger partial charge in [-0.1, -0.05) is 6.07 Å². The van der Waals surface area contributed by atoms with Gasteiger partial charge in [0.1, 0.15) is 0 Å². The highest BCUT2D eigenvalue weighted by Crippen LogP contribution is 2.28. The Morgan fingerprint density at radius 3 is 2.74 bits per heavy atom. The van der Waals surface area contributed by atoms with Crippen LogP contribution in [0.2, 0.25) is 0 Å². The molecule has 2 rings (SSSR count). The molecule has 0 fully saturated rings. The van der Waals surface area contributed by atoms with Gasteiger partial charge in [-0.15, -0.1) is 10.2 Å². The van der Waals surface area contributed by atoms with Crippen molar-refractivity contribution in [3.63, 3.8) is 0 Å². The average molecular weight is 263 g/mol. The highest BCUT2D eigenvalue weighted by molar-refractivity contribution is 5.43. The first-order valence-electron chi connectivity index (χ1n) is 6.01. The van der Waals surface area contributed by atoms with E-state index in [1.54, 1.807) is 14.0 Å². The van der Waals surface area contributed by atoms with Crippen molar-refractivity contribution in [1.82, 2.24) is 10.2 Å². The summed E-state index contributed by atoms with van der Waals surface area (Å²) in [6.07, 6.45) is 0.792. The molecule has 0 aliphatic carbocycles. The average Bonchev–Trinajstić information content (AvgIpc) is 2.83. The molecule has 6 nitrogen and oxygen atoms in total. The Labute approximate surface area is 111 Å². The SMILES string of the molecule is COc1ccc(CCN)cc1OCc1nnc(C)o1. The van der Waals surface area contributed by atoms with Crippen molar-refractivity contribution in [3.05, 3.63) is 35.5 Å². The smallest absolute Gasteiger partial charge is 0.253 e. The van der Waals surface area contributed by atoms with Gasteiger partial charge >= 0.3 is 0 Å². The van der Waals surface area contributed by atoms with E-state index in [1.807, 2.05) is 18.2 Å². The molecule has 0 radical (unpaired) electrons. The van der Waals surface area contributed by atoms with Crippen LogP contribution in [0.25, 0.3) is 0 Å². The summed E-state index contributed by atoms with van der Waals surface area (Å²) in [5.74, 6) is 2.26. The van der Waals surface area contributed by atoms with Crippen LogP contribution in [0.1, 0.15) is 17.3 Å². The van der Waals surface area contributed by atoms with Crippen molar-refractivity contribution in [2.75, 3.05) is 13.7 Å². The molecule has 2 N–H and O–H groups in total. The van der Waals surface area contributed by atoms with Gasteiger partial charge in [0.25, 0.3) is 5.89 Å². The van der Waals surface area contributed by atoms with Crippen LogP contribution in [0.3, 0.4) is 0 Å². The van der Waals surface area contributed by atoms with E-state index in [-0.39, 0.29) is 6.61 Å². The van der Waals surface area contributed by atoms with Gasteiger partial charge in [-0.2, -0.15) is 0 Å². The molecule has 1 aromatic heterocycles. The second kappa shape index (κ2) is 6.19. The minimum absolute atomic E-state index is 0.212. The van der Waals surface area contributed by atoms with Gasteiger partial charge in [-0.25, -0.2) is 0 Å². The van der Waals surface area contributed by atoms with E-state index in [2.05, 4.69) is 10.2 Å². The van der Waals surface area contributed by atoms with Gasteiger partial charge < -0.3 is 19.6 Å². The Morgan fingerprint density at radius 1 is 1.26 bits per heavy atom. The molecular weight excluding hydrogens is 246 g/mol. The van der Waals surface area contributed by atoms with Crippen molar-refractivity contribution < 1.29 is 13.9 Å². The number of rotatable bonds is 6. The van der Waals surface area contributed by atoms with Crippen molar-refractivity contribution in [2.24, 2.45) is 5.73 Å². The number of benzene rings is 1. The molecule has 2 aromatic rings. The highest BCUT2D eigenvalue weighted by atomic mass is 16.5. The molecule has 0 unspecified atom stereocenters. The quantitative estimate of drug-likeness (QED) is 0.849. The number of aromatic nitrogens is 2. The van der Waals surface area contributed by atoms with E-state index < -0.39 is 0 Å². The zero-order valence-corrected chi connectivity index (χ0v) is 11.0. The molecule has 0 aliphatic heterocycles. The zero-order chi connectivity index (χ0) is 13.7. The number of aryl methyl sites for hydroxylation is 1. The molecule has 1 heterocycles. The number of nitrogens with two attached hydrogens (primary N) is 1. The van der Waals surface area contributed by atoms with E-state index in [4.69, 9.17) is 19.6 Å². The van der Waals surface area contributed by atoms with Crippen molar-refractivity contribution in [2.45, 2.75) is 20.0 Å². The Kier molecular flexibility index (Phi) is 4.35. The summed E-state index contributed by atoms with van der Waals surface area (Å²) < 4.78 is 16.1. The predicted molar refractivity (Wildman–Crippen MR) is 69.1 cm³/mol. The Balaban J connectivity index is 2.10. The lowest BCUT2D eigenvalue weighted by atomic mass is 10.1. The summed E-state index contributed by atoms with van der Waals surface area (Å²) in [4.78, 5) is 0. The molecule has 0 bridgehead atoms. The highest BCUT2D eigenvalue weighted by Gasteiger charge is 2.08. The van der Waals surface area contributed by atoms with Crippen LogP contribution in [0, 0.1) is 6.92 Å². The first-order chi connectivity index (χ1) is 9.22. The monoisotopic (exact) mass is 263 g/mol. The van der Waals surface area contributed by atoms with Crippen LogP contribution in [0.4, 0.5) is 0 Å². The standard InChI is InChI=1S/C13H17N3O3/c1-9-15-16-13(19-9)8-18-12-7-10(5-6-14)3-4-11(12)17-2/h3-4,7H,5-6,8,14H2,1-2H3. The molecule has 0 saturated carbocycles. The number of nitrogens with zero attached hydrogens (tertiary/aromatic N) is 2. The van der Waals surface area contributed by atoms with E-state index in [9.17, 15) is 0 Å². The van der Waals surface area contributed by atoms with E-state index in [0.29, 0.717) is 29.8 Å². The normalized spacial score (nSPS) is 10.5. The molecule has 0 saturated heterocycles. The first-order valence-corrected chi connectivity index (χ1v) is 6.01. The van der Waals surface area contributed by atoms with Crippen LogP contribution in [0.15, 0.2) is 22.6 Å². The van der Waals surface area contributed by atoms with Gasteiger partial charge in [0.05, 0.1) is 7.11 Å². The summed E-state index contributed by atoms with van der Waals surface area (Å²) in [5.41, 5.74) is 6.64. The van der Waals surface area contributed by atoms with Gasteiger partial charge in [-0.3, -0.25) is 0 Å². The fourth-order valence-corrected chi connectivity index (χ4v) is 1.69. The fourth-order valence-electron chi connectivity index (χ4n) is 1.69. The minimum Gasteiger partial charge on any atom is -0.493 e. The van der Waals surface area contributed by atoms with E-state index >= 15 is 0 Å². The molecule has 0 aliphatic rings. The lowest BCUT2D eigenvalue weighted by Gasteiger charge is -2.10. The topological polar surface area (TPSA) is 83.4 Å². The van der Waals surface area contributed by atoms with Crippen LogP contribution in [-0.2, 0) is 13.0 Å². The number of hydrogen-bond donors (Lipinski definition) is 1. The molecule has 102 valence electrons. The second-order valence-corrected chi connectivity index (χ2v) is 4.03. The third-order valence-corrected chi connectivity index (χ3v) is 2.58. The van der Waals surface area contributed by atoms with Crippen molar-refractivity contribution in [3.8, 4) is 11.5 Å². The van der Waals surface area contributed by atoms with Gasteiger partial charge in [0, 0.05) is 6.92 Å². The van der Waals surface area contributed by atoms with Gasteiger partial charge in [0.2, 0.25) is 5.89 Å². The molecule has 0 atom stereocenters. The van der Waals surface area contributed by atoms with E-state index in [1.165, 1.54) is 0 Å². The second-order valence-electron chi connectivity index (χ2n) is 4.03. The lowest BCUT2D eigenvalue weighted by molar-refractivity contribution is 0.247. The maximum absolute atomic E-state index is 5.65. The summed E-state index contributed by atoms with van der Waals surface area (Å²) in [6.45, 7) is 2.54. The van der Waals surface area contributed by atoms with Crippen molar-refractivity contribution in [1.29, 1.82) is 0 Å². The third-order valence-electron chi connectivity index (χ3n) is 2.58. The molecule has 19 heavy (non-hydrogen) atoms. The zero-order valence-electron chi connectivity index (χ0n) is 11.0. The molecular formula is C13H17N3O3. The van der Waals surface area contributed by atoms with E-state index in [0.717, 1.165) is 12.0 Å². The minimum atomic E-state index is 0.212. The largest absolute Gasteiger partial charge is 0.493 e. The number of ether oxygens (including phenoxy) is 2. The van der Waals surface area contributed by atoms with Crippen molar-refractivity contribution >= 4 is 0 Å².